The molecule has 48 valence electrons. The number of methoxy groups -OCH3 is 1. The van der Waals surface area contributed by atoms with Gasteiger partial charge in [-0.05, 0) is 12.1 Å². The van der Waals surface area contributed by atoms with Gasteiger partial charge in [-0.2, -0.15) is 0 Å². The summed E-state index contributed by atoms with van der Waals surface area (Å²) in [7, 11) is -0.336. The molecular weight excluding hydrogens is 118 g/mol. The predicted octanol–water partition coefficient (Wildman–Crippen LogP) is 1.10. The van der Waals surface area contributed by atoms with Crippen LogP contribution in [0.25, 0.3) is 0 Å². The summed E-state index contributed by atoms with van der Waals surface area (Å²) in [6.45, 7) is 0. The van der Waals surface area contributed by atoms with E-state index in [1.165, 1.54) is 4.57 Å². The first kappa shape index (κ1) is 4.61. The Morgan fingerprint density at radius 3 is 2.89 bits per heavy atom. The first-order valence-electron chi connectivity index (χ1n) is 3.14. The van der Waals surface area contributed by atoms with Gasteiger partial charge >= 0.3 is 6.09 Å². The van der Waals surface area contributed by atoms with Gasteiger partial charge in [0.15, 0.2) is 0 Å². The van der Waals surface area contributed by atoms with Crippen molar-refractivity contribution in [3.8, 4) is 0 Å². The fourth-order valence-electron chi connectivity index (χ4n) is 0.531. The fraction of sp³-hybridized carbons (Fsp3) is 0.167. The number of rotatable bonds is 0. The molecule has 0 spiro atoms. The van der Waals surface area contributed by atoms with Crippen molar-refractivity contribution in [2.24, 2.45) is 0 Å². The van der Waals surface area contributed by atoms with Gasteiger partial charge in [0.1, 0.15) is 0 Å². The maximum absolute atomic E-state index is 10.7. The molecule has 0 saturated carbocycles. The third-order valence-corrected chi connectivity index (χ3v) is 0.939. The minimum Gasteiger partial charge on any atom is -0.452 e. The largest absolute Gasteiger partial charge is 0.452 e. The van der Waals surface area contributed by atoms with Gasteiger partial charge in [-0.25, -0.2) is 4.79 Å². The molecule has 0 aliphatic carbocycles. The van der Waals surface area contributed by atoms with Crippen molar-refractivity contribution in [3.63, 3.8) is 0 Å². The SMILES string of the molecule is [2H]COC(=O)n1cccc1. The molecule has 0 aliphatic heterocycles. The summed E-state index contributed by atoms with van der Waals surface area (Å²) in [5, 5.41) is 0. The molecule has 0 unspecified atom stereocenters. The van der Waals surface area contributed by atoms with Crippen LogP contribution in [0.5, 0.6) is 0 Å². The summed E-state index contributed by atoms with van der Waals surface area (Å²) in [5.74, 6) is 0. The first-order chi connectivity index (χ1) is 4.84. The second-order valence-electron chi connectivity index (χ2n) is 1.50. The Balaban J connectivity index is 2.59. The molecule has 3 heteroatoms. The minimum atomic E-state index is -0.514. The summed E-state index contributed by atoms with van der Waals surface area (Å²) in [4.78, 5) is 10.7. The molecule has 0 atom stereocenters. The Morgan fingerprint density at radius 1 is 1.67 bits per heavy atom. The van der Waals surface area contributed by atoms with Crippen LogP contribution in [-0.2, 0) is 4.74 Å². The summed E-state index contributed by atoms with van der Waals surface area (Å²) >= 11 is 0. The molecule has 9 heavy (non-hydrogen) atoms. The highest BCUT2D eigenvalue weighted by atomic mass is 16.5. The van der Waals surface area contributed by atoms with Gasteiger partial charge in [-0.3, -0.25) is 4.57 Å². The standard InChI is InChI=1S/C6H7NO2/c1-9-6(8)7-4-2-3-5-7/h2-5H,1H3/i1D. The van der Waals surface area contributed by atoms with E-state index < -0.39 is 6.09 Å². The quantitative estimate of drug-likeness (QED) is 0.521. The number of aromatic nitrogens is 1. The zero-order valence-corrected chi connectivity index (χ0v) is 4.78. The van der Waals surface area contributed by atoms with E-state index in [9.17, 15) is 4.79 Å². The topological polar surface area (TPSA) is 31.2 Å². The summed E-state index contributed by atoms with van der Waals surface area (Å²) in [5.41, 5.74) is 0. The molecule has 0 aromatic carbocycles. The van der Waals surface area contributed by atoms with E-state index in [1.54, 1.807) is 24.5 Å². The average Bonchev–Trinajstić information content (AvgIpc) is 2.38. The molecule has 1 aromatic rings. The van der Waals surface area contributed by atoms with Gasteiger partial charge < -0.3 is 4.74 Å². The fourth-order valence-corrected chi connectivity index (χ4v) is 0.531. The number of nitrogens with zero attached hydrogens (tertiary/aromatic N) is 1. The Hall–Kier alpha value is -1.25. The third kappa shape index (κ3) is 1.10. The monoisotopic (exact) mass is 126 g/mol. The number of hydrogen-bond acceptors (Lipinski definition) is 2. The lowest BCUT2D eigenvalue weighted by Crippen LogP contribution is -2.07. The lowest BCUT2D eigenvalue weighted by atomic mass is 10.7. The zero-order valence-electron chi connectivity index (χ0n) is 5.78. The maximum atomic E-state index is 10.7. The average molecular weight is 126 g/mol. The maximum Gasteiger partial charge on any atom is 0.417 e. The van der Waals surface area contributed by atoms with Gasteiger partial charge in [-0.1, -0.05) is 0 Å². The van der Waals surface area contributed by atoms with Crippen LogP contribution in [0.4, 0.5) is 4.79 Å². The molecule has 0 N–H and O–H groups in total. The Morgan fingerprint density at radius 2 is 2.33 bits per heavy atom. The highest BCUT2D eigenvalue weighted by Gasteiger charge is 1.97. The smallest absolute Gasteiger partial charge is 0.417 e. The van der Waals surface area contributed by atoms with Crippen LogP contribution >= 0.6 is 0 Å². The van der Waals surface area contributed by atoms with E-state index in [4.69, 9.17) is 1.37 Å². The van der Waals surface area contributed by atoms with E-state index in [2.05, 4.69) is 4.74 Å². The Labute approximate surface area is 54.3 Å². The highest BCUT2D eigenvalue weighted by molar-refractivity contribution is 5.70. The van der Waals surface area contributed by atoms with Gasteiger partial charge in [0, 0.05) is 12.4 Å². The van der Waals surface area contributed by atoms with E-state index >= 15 is 0 Å². The van der Waals surface area contributed by atoms with Gasteiger partial charge in [-0.15, -0.1) is 0 Å². The lowest BCUT2D eigenvalue weighted by molar-refractivity contribution is 0.173. The summed E-state index contributed by atoms with van der Waals surface area (Å²) in [6, 6.07) is 3.43. The summed E-state index contributed by atoms with van der Waals surface area (Å²) < 4.78 is 12.2. The number of carbonyl (C=O) groups excluding carboxylic acids is 1. The molecule has 0 radical (unpaired) electrons. The van der Waals surface area contributed by atoms with Crippen LogP contribution in [0.3, 0.4) is 0 Å². The molecule has 1 rings (SSSR count). The predicted molar refractivity (Wildman–Crippen MR) is 32.2 cm³/mol. The molecule has 0 aliphatic rings. The molecule has 0 amide bonds. The molecule has 1 heterocycles. The molecular formula is C6H7NO2. The summed E-state index contributed by atoms with van der Waals surface area (Å²) in [6.07, 6.45) is 2.62. The van der Waals surface area contributed by atoms with Crippen molar-refractivity contribution in [1.82, 2.24) is 4.57 Å². The van der Waals surface area contributed by atoms with E-state index in [0.29, 0.717) is 0 Å². The van der Waals surface area contributed by atoms with Crippen LogP contribution in [-0.4, -0.2) is 17.7 Å². The first-order valence-corrected chi connectivity index (χ1v) is 2.44. The van der Waals surface area contributed by atoms with Crippen LogP contribution in [0.2, 0.25) is 0 Å². The molecule has 3 nitrogen and oxygen atoms in total. The Kier molecular flexibility index (Phi) is 1.20. The van der Waals surface area contributed by atoms with Crippen LogP contribution in [0.1, 0.15) is 1.37 Å². The number of carbonyl (C=O) groups is 1. The van der Waals surface area contributed by atoms with Crippen LogP contribution < -0.4 is 0 Å². The highest BCUT2D eigenvalue weighted by Crippen LogP contribution is 1.89. The van der Waals surface area contributed by atoms with Crippen LogP contribution in [0, 0.1) is 0 Å². The second kappa shape index (κ2) is 2.35. The normalized spacial score (nSPS) is 10.4. The minimum absolute atomic E-state index is 0.336. The number of ether oxygens (including phenoxy) is 1. The van der Waals surface area contributed by atoms with Crippen molar-refractivity contribution in [1.29, 1.82) is 0 Å². The van der Waals surface area contributed by atoms with Crippen molar-refractivity contribution >= 4 is 6.09 Å². The molecule has 0 bridgehead atoms. The zero-order chi connectivity index (χ0) is 7.40. The van der Waals surface area contributed by atoms with E-state index in [0.717, 1.165) is 0 Å². The molecule has 0 fully saturated rings. The van der Waals surface area contributed by atoms with Crippen molar-refractivity contribution in [2.45, 2.75) is 0 Å². The van der Waals surface area contributed by atoms with E-state index in [-0.39, 0.29) is 7.09 Å². The molecule has 0 saturated heterocycles. The van der Waals surface area contributed by atoms with Gasteiger partial charge in [0.2, 0.25) is 0 Å². The van der Waals surface area contributed by atoms with Crippen molar-refractivity contribution in [2.75, 3.05) is 7.09 Å². The second-order valence-corrected chi connectivity index (χ2v) is 1.50. The van der Waals surface area contributed by atoms with E-state index in [1.807, 2.05) is 0 Å². The third-order valence-electron chi connectivity index (χ3n) is 0.939. The van der Waals surface area contributed by atoms with Crippen molar-refractivity contribution < 1.29 is 10.9 Å². The number of hydrogen-bond donors (Lipinski definition) is 0. The van der Waals surface area contributed by atoms with Gasteiger partial charge in [0.05, 0.1) is 8.46 Å². The van der Waals surface area contributed by atoms with Crippen molar-refractivity contribution in [3.05, 3.63) is 24.5 Å². The van der Waals surface area contributed by atoms with Crippen LogP contribution in [0.15, 0.2) is 24.5 Å². The van der Waals surface area contributed by atoms with Gasteiger partial charge in [0.25, 0.3) is 0 Å². The lowest BCUT2D eigenvalue weighted by Gasteiger charge is -1.95. The Bertz CT molecular complexity index is 208. The molecule has 1 aromatic heterocycles.